The summed E-state index contributed by atoms with van der Waals surface area (Å²) >= 11 is 0. The number of amides is 1. The molecule has 0 aromatic heterocycles. The number of carbonyl (C=O) groups excluding carboxylic acids is 2. The number of para-hydroxylation sites is 1. The van der Waals surface area contributed by atoms with Crippen LogP contribution in [0.25, 0.3) is 0 Å². The van der Waals surface area contributed by atoms with Gasteiger partial charge in [-0.05, 0) is 24.6 Å². The van der Waals surface area contributed by atoms with E-state index in [1.54, 1.807) is 0 Å². The summed E-state index contributed by atoms with van der Waals surface area (Å²) in [5.74, 6) is -1.87. The number of aryl methyl sites for hydroxylation is 1. The molecule has 1 heterocycles. The Labute approximate surface area is 115 Å². The van der Waals surface area contributed by atoms with E-state index < -0.39 is 17.5 Å². The lowest BCUT2D eigenvalue weighted by Crippen LogP contribution is -2.29. The van der Waals surface area contributed by atoms with Crippen LogP contribution in [0, 0.1) is 12.7 Å². The SMILES string of the molecule is Cc1ccc(CN2C(=O)C(=O)c3cccc(F)c32)cc1. The van der Waals surface area contributed by atoms with Crippen molar-refractivity contribution in [2.45, 2.75) is 13.5 Å². The lowest BCUT2D eigenvalue weighted by Gasteiger charge is -2.17. The van der Waals surface area contributed by atoms with Gasteiger partial charge in [0, 0.05) is 0 Å². The molecule has 0 aliphatic carbocycles. The second-order valence-electron chi connectivity index (χ2n) is 4.84. The molecule has 100 valence electrons. The molecule has 0 saturated carbocycles. The molecule has 20 heavy (non-hydrogen) atoms. The van der Waals surface area contributed by atoms with Crippen molar-refractivity contribution in [1.82, 2.24) is 0 Å². The van der Waals surface area contributed by atoms with Gasteiger partial charge in [0.2, 0.25) is 0 Å². The number of nitrogens with zero attached hydrogens (tertiary/aromatic N) is 1. The fourth-order valence-electron chi connectivity index (χ4n) is 2.34. The Morgan fingerprint density at radius 2 is 1.75 bits per heavy atom. The maximum Gasteiger partial charge on any atom is 0.299 e. The van der Waals surface area contributed by atoms with Gasteiger partial charge in [-0.15, -0.1) is 0 Å². The summed E-state index contributed by atoms with van der Waals surface area (Å²) in [6, 6.07) is 11.7. The number of rotatable bonds is 2. The smallest absolute Gasteiger partial charge is 0.298 e. The van der Waals surface area contributed by atoms with Crippen LogP contribution in [0.1, 0.15) is 21.5 Å². The molecule has 1 aliphatic rings. The molecule has 4 heteroatoms. The van der Waals surface area contributed by atoms with E-state index in [9.17, 15) is 14.0 Å². The summed E-state index contributed by atoms with van der Waals surface area (Å²) in [4.78, 5) is 25.0. The molecular weight excluding hydrogens is 257 g/mol. The van der Waals surface area contributed by atoms with E-state index in [1.807, 2.05) is 31.2 Å². The van der Waals surface area contributed by atoms with Crippen LogP contribution in [0.5, 0.6) is 0 Å². The number of carbonyl (C=O) groups is 2. The molecule has 1 amide bonds. The highest BCUT2D eigenvalue weighted by molar-refractivity contribution is 6.52. The Kier molecular flexibility index (Phi) is 2.86. The molecule has 0 spiro atoms. The van der Waals surface area contributed by atoms with Crippen molar-refractivity contribution in [2.75, 3.05) is 4.90 Å². The molecule has 0 fully saturated rings. The Balaban J connectivity index is 2.01. The summed E-state index contributed by atoms with van der Waals surface area (Å²) in [7, 11) is 0. The predicted molar refractivity (Wildman–Crippen MR) is 73.1 cm³/mol. The summed E-state index contributed by atoms with van der Waals surface area (Å²) in [5.41, 5.74) is 2.18. The summed E-state index contributed by atoms with van der Waals surface area (Å²) in [5, 5.41) is 0. The van der Waals surface area contributed by atoms with Crippen LogP contribution in [0.3, 0.4) is 0 Å². The van der Waals surface area contributed by atoms with Crippen molar-refractivity contribution in [2.24, 2.45) is 0 Å². The first-order valence-electron chi connectivity index (χ1n) is 6.28. The zero-order valence-electron chi connectivity index (χ0n) is 10.9. The molecule has 3 nitrogen and oxygen atoms in total. The van der Waals surface area contributed by atoms with E-state index in [0.29, 0.717) is 0 Å². The Bertz CT molecular complexity index is 707. The van der Waals surface area contributed by atoms with Gasteiger partial charge in [0.15, 0.2) is 0 Å². The number of anilines is 1. The zero-order chi connectivity index (χ0) is 14.3. The van der Waals surface area contributed by atoms with Crippen molar-refractivity contribution < 1.29 is 14.0 Å². The average molecular weight is 269 g/mol. The van der Waals surface area contributed by atoms with Crippen LogP contribution in [0.2, 0.25) is 0 Å². The van der Waals surface area contributed by atoms with Crippen molar-refractivity contribution in [3.05, 3.63) is 65.0 Å². The van der Waals surface area contributed by atoms with Crippen LogP contribution in [0.15, 0.2) is 42.5 Å². The molecule has 0 N–H and O–H groups in total. The number of hydrogen-bond acceptors (Lipinski definition) is 2. The third-order valence-electron chi connectivity index (χ3n) is 3.40. The van der Waals surface area contributed by atoms with E-state index in [2.05, 4.69) is 0 Å². The molecule has 1 aliphatic heterocycles. The minimum atomic E-state index is -0.675. The second-order valence-corrected chi connectivity index (χ2v) is 4.84. The van der Waals surface area contributed by atoms with E-state index in [-0.39, 0.29) is 17.8 Å². The summed E-state index contributed by atoms with van der Waals surface area (Å²) < 4.78 is 13.9. The van der Waals surface area contributed by atoms with Gasteiger partial charge in [-0.1, -0.05) is 35.9 Å². The molecule has 0 atom stereocenters. The first-order valence-corrected chi connectivity index (χ1v) is 6.28. The number of Topliss-reactive ketones (excluding diaryl/α,β-unsaturated/α-hetero) is 1. The van der Waals surface area contributed by atoms with Crippen LogP contribution >= 0.6 is 0 Å². The normalized spacial score (nSPS) is 13.8. The minimum absolute atomic E-state index is 0.0862. The van der Waals surface area contributed by atoms with E-state index >= 15 is 0 Å². The molecule has 3 rings (SSSR count). The molecule has 2 aromatic carbocycles. The molecule has 0 radical (unpaired) electrons. The van der Waals surface area contributed by atoms with Crippen molar-refractivity contribution >= 4 is 17.4 Å². The van der Waals surface area contributed by atoms with Gasteiger partial charge in [-0.3, -0.25) is 14.5 Å². The van der Waals surface area contributed by atoms with Crippen molar-refractivity contribution in [1.29, 1.82) is 0 Å². The van der Waals surface area contributed by atoms with Gasteiger partial charge >= 0.3 is 0 Å². The molecular formula is C16H12FNO2. The van der Waals surface area contributed by atoms with E-state index in [4.69, 9.17) is 0 Å². The molecule has 2 aromatic rings. The zero-order valence-corrected chi connectivity index (χ0v) is 10.9. The highest BCUT2D eigenvalue weighted by Crippen LogP contribution is 2.32. The highest BCUT2D eigenvalue weighted by atomic mass is 19.1. The lowest BCUT2D eigenvalue weighted by atomic mass is 10.1. The molecule has 0 unspecified atom stereocenters. The number of ketones is 1. The van der Waals surface area contributed by atoms with Gasteiger partial charge in [0.1, 0.15) is 5.82 Å². The number of benzene rings is 2. The van der Waals surface area contributed by atoms with Crippen molar-refractivity contribution in [3.63, 3.8) is 0 Å². The highest BCUT2D eigenvalue weighted by Gasteiger charge is 2.37. The summed E-state index contributed by atoms with van der Waals surface area (Å²) in [6.07, 6.45) is 0. The fourth-order valence-corrected chi connectivity index (χ4v) is 2.34. The van der Waals surface area contributed by atoms with Gasteiger partial charge in [0.25, 0.3) is 11.7 Å². The first-order chi connectivity index (χ1) is 9.58. The third-order valence-corrected chi connectivity index (χ3v) is 3.40. The maximum absolute atomic E-state index is 13.9. The number of hydrogen-bond donors (Lipinski definition) is 0. The van der Waals surface area contributed by atoms with Gasteiger partial charge in [-0.25, -0.2) is 4.39 Å². The first kappa shape index (κ1) is 12.5. The standard InChI is InChI=1S/C16H12FNO2/c1-10-5-7-11(8-6-10)9-18-14-12(15(19)16(18)20)3-2-4-13(14)17/h2-8H,9H2,1H3. The lowest BCUT2D eigenvalue weighted by molar-refractivity contribution is -0.114. The van der Waals surface area contributed by atoms with Crippen LogP contribution in [-0.2, 0) is 11.3 Å². The minimum Gasteiger partial charge on any atom is -0.298 e. The third kappa shape index (κ3) is 1.90. The van der Waals surface area contributed by atoms with Crippen LogP contribution < -0.4 is 4.90 Å². The van der Waals surface area contributed by atoms with Crippen LogP contribution in [-0.4, -0.2) is 11.7 Å². The van der Waals surface area contributed by atoms with Crippen LogP contribution in [0.4, 0.5) is 10.1 Å². The largest absolute Gasteiger partial charge is 0.299 e. The van der Waals surface area contributed by atoms with E-state index in [1.165, 1.54) is 23.1 Å². The van der Waals surface area contributed by atoms with E-state index in [0.717, 1.165) is 11.1 Å². The monoisotopic (exact) mass is 269 g/mol. The van der Waals surface area contributed by atoms with Gasteiger partial charge in [0.05, 0.1) is 17.8 Å². The van der Waals surface area contributed by atoms with Gasteiger partial charge < -0.3 is 0 Å². The predicted octanol–water partition coefficient (Wildman–Crippen LogP) is 2.86. The Morgan fingerprint density at radius 3 is 2.45 bits per heavy atom. The van der Waals surface area contributed by atoms with Gasteiger partial charge in [-0.2, -0.15) is 0 Å². The topological polar surface area (TPSA) is 37.4 Å². The average Bonchev–Trinajstić information content (AvgIpc) is 2.68. The van der Waals surface area contributed by atoms with Crippen molar-refractivity contribution in [3.8, 4) is 0 Å². The Hall–Kier alpha value is -2.49. The quantitative estimate of drug-likeness (QED) is 0.786. The number of halogens is 1. The Morgan fingerprint density at radius 1 is 1.05 bits per heavy atom. The summed E-state index contributed by atoms with van der Waals surface area (Å²) in [6.45, 7) is 2.15. The second kappa shape index (κ2) is 4.56. The molecule has 0 bridgehead atoms. The molecule has 0 saturated heterocycles. The fraction of sp³-hybridized carbons (Fsp3) is 0.125. The number of fused-ring (bicyclic) bond motifs is 1. The maximum atomic E-state index is 13.9.